The number of rotatable bonds is 3. The standard InChI is InChI=1S/C10H12N4O/c1-3-14-6-8(4-11-14)10-9(7-15)5-13(2)12-10/h4-7H,3H2,1-2H3. The summed E-state index contributed by atoms with van der Waals surface area (Å²) in [5.41, 5.74) is 2.15. The van der Waals surface area contributed by atoms with E-state index in [1.165, 1.54) is 0 Å². The number of aryl methyl sites for hydroxylation is 2. The van der Waals surface area contributed by atoms with Crippen LogP contribution in [-0.4, -0.2) is 25.8 Å². The molecule has 0 spiro atoms. The Kier molecular flexibility index (Phi) is 2.37. The van der Waals surface area contributed by atoms with E-state index in [-0.39, 0.29) is 0 Å². The van der Waals surface area contributed by atoms with Crippen molar-refractivity contribution in [3.8, 4) is 11.3 Å². The Labute approximate surface area is 87.3 Å². The Bertz CT molecular complexity index is 483. The van der Waals surface area contributed by atoms with Crippen LogP contribution in [-0.2, 0) is 13.6 Å². The normalized spacial score (nSPS) is 10.5. The molecule has 0 amide bonds. The molecule has 0 aromatic carbocycles. The summed E-state index contributed by atoms with van der Waals surface area (Å²) < 4.78 is 3.43. The number of hydrogen-bond donors (Lipinski definition) is 0. The first kappa shape index (κ1) is 9.64. The number of nitrogens with zero attached hydrogens (tertiary/aromatic N) is 4. The molecule has 0 bridgehead atoms. The quantitative estimate of drug-likeness (QED) is 0.704. The van der Waals surface area contributed by atoms with E-state index in [0.29, 0.717) is 11.3 Å². The molecule has 5 heteroatoms. The molecule has 0 radical (unpaired) electrons. The van der Waals surface area contributed by atoms with Crippen molar-refractivity contribution in [1.29, 1.82) is 0 Å². The molecule has 2 aromatic rings. The van der Waals surface area contributed by atoms with Crippen molar-refractivity contribution in [3.63, 3.8) is 0 Å². The smallest absolute Gasteiger partial charge is 0.153 e. The van der Waals surface area contributed by atoms with Gasteiger partial charge in [-0.05, 0) is 6.92 Å². The van der Waals surface area contributed by atoms with Crippen molar-refractivity contribution in [2.45, 2.75) is 13.5 Å². The fourth-order valence-electron chi connectivity index (χ4n) is 1.48. The molecule has 0 atom stereocenters. The summed E-state index contributed by atoms with van der Waals surface area (Å²) in [5.74, 6) is 0. The molecule has 78 valence electrons. The molecule has 0 unspecified atom stereocenters. The molecular weight excluding hydrogens is 192 g/mol. The van der Waals surface area contributed by atoms with Gasteiger partial charge in [-0.2, -0.15) is 10.2 Å². The van der Waals surface area contributed by atoms with E-state index in [2.05, 4.69) is 10.2 Å². The molecular formula is C10H12N4O. The van der Waals surface area contributed by atoms with E-state index < -0.39 is 0 Å². The van der Waals surface area contributed by atoms with Crippen LogP contribution in [0.25, 0.3) is 11.3 Å². The van der Waals surface area contributed by atoms with Crippen molar-refractivity contribution < 1.29 is 4.79 Å². The van der Waals surface area contributed by atoms with Crippen molar-refractivity contribution in [2.24, 2.45) is 7.05 Å². The lowest BCUT2D eigenvalue weighted by atomic mass is 10.2. The van der Waals surface area contributed by atoms with Gasteiger partial charge in [-0.1, -0.05) is 0 Å². The maximum atomic E-state index is 10.8. The minimum atomic E-state index is 0.591. The van der Waals surface area contributed by atoms with Crippen LogP contribution in [0.2, 0.25) is 0 Å². The van der Waals surface area contributed by atoms with Crippen molar-refractivity contribution in [2.75, 3.05) is 0 Å². The van der Waals surface area contributed by atoms with Crippen molar-refractivity contribution in [3.05, 3.63) is 24.2 Å². The maximum absolute atomic E-state index is 10.8. The van der Waals surface area contributed by atoms with Gasteiger partial charge in [0, 0.05) is 31.5 Å². The lowest BCUT2D eigenvalue weighted by Gasteiger charge is -1.92. The molecule has 0 saturated heterocycles. The first-order valence-corrected chi connectivity index (χ1v) is 4.76. The van der Waals surface area contributed by atoms with Gasteiger partial charge in [0.25, 0.3) is 0 Å². The largest absolute Gasteiger partial charge is 0.298 e. The summed E-state index contributed by atoms with van der Waals surface area (Å²) in [4.78, 5) is 10.8. The molecule has 0 aliphatic carbocycles. The Balaban J connectivity index is 2.47. The van der Waals surface area contributed by atoms with Crippen LogP contribution in [0.1, 0.15) is 17.3 Å². The molecule has 5 nitrogen and oxygen atoms in total. The number of aromatic nitrogens is 4. The Morgan fingerprint density at radius 1 is 1.47 bits per heavy atom. The second-order valence-corrected chi connectivity index (χ2v) is 3.31. The van der Waals surface area contributed by atoms with Crippen molar-refractivity contribution >= 4 is 6.29 Å². The fraction of sp³-hybridized carbons (Fsp3) is 0.300. The van der Waals surface area contributed by atoms with Gasteiger partial charge in [-0.15, -0.1) is 0 Å². The number of hydrogen-bond acceptors (Lipinski definition) is 3. The molecule has 0 fully saturated rings. The predicted octanol–water partition coefficient (Wildman–Crippen LogP) is 1.12. The minimum absolute atomic E-state index is 0.591. The predicted molar refractivity (Wildman–Crippen MR) is 55.5 cm³/mol. The lowest BCUT2D eigenvalue weighted by Crippen LogP contribution is -1.92. The van der Waals surface area contributed by atoms with E-state index >= 15 is 0 Å². The van der Waals surface area contributed by atoms with Crippen LogP contribution in [0.15, 0.2) is 18.6 Å². The van der Waals surface area contributed by atoms with Gasteiger partial charge < -0.3 is 0 Å². The van der Waals surface area contributed by atoms with E-state index in [9.17, 15) is 4.79 Å². The summed E-state index contributed by atoms with van der Waals surface area (Å²) >= 11 is 0. The Morgan fingerprint density at radius 3 is 2.87 bits per heavy atom. The second kappa shape index (κ2) is 3.68. The molecule has 0 N–H and O–H groups in total. The summed E-state index contributed by atoms with van der Waals surface area (Å²) in [6.45, 7) is 2.82. The summed E-state index contributed by atoms with van der Waals surface area (Å²) in [7, 11) is 1.79. The first-order chi connectivity index (χ1) is 7.24. The molecule has 2 heterocycles. The molecule has 0 aliphatic heterocycles. The maximum Gasteiger partial charge on any atom is 0.153 e. The monoisotopic (exact) mass is 204 g/mol. The van der Waals surface area contributed by atoms with Crippen LogP contribution in [0.4, 0.5) is 0 Å². The topological polar surface area (TPSA) is 52.7 Å². The zero-order chi connectivity index (χ0) is 10.8. The van der Waals surface area contributed by atoms with Crippen molar-refractivity contribution in [1.82, 2.24) is 19.6 Å². The summed E-state index contributed by atoms with van der Waals surface area (Å²) in [6, 6.07) is 0. The van der Waals surface area contributed by atoms with Crippen LogP contribution >= 0.6 is 0 Å². The Morgan fingerprint density at radius 2 is 2.27 bits per heavy atom. The summed E-state index contributed by atoms with van der Waals surface area (Å²) in [5, 5.41) is 8.38. The van der Waals surface area contributed by atoms with E-state index in [1.54, 1.807) is 28.8 Å². The zero-order valence-electron chi connectivity index (χ0n) is 8.71. The molecule has 2 rings (SSSR count). The average molecular weight is 204 g/mol. The average Bonchev–Trinajstić information content (AvgIpc) is 2.82. The summed E-state index contributed by atoms with van der Waals surface area (Å²) in [6.07, 6.45) is 6.12. The van der Waals surface area contributed by atoms with Gasteiger partial charge >= 0.3 is 0 Å². The molecule has 0 aliphatic rings. The lowest BCUT2D eigenvalue weighted by molar-refractivity contribution is 0.112. The SMILES string of the molecule is CCn1cc(-c2nn(C)cc2C=O)cn1. The van der Waals surface area contributed by atoms with Gasteiger partial charge in [-0.3, -0.25) is 14.2 Å². The van der Waals surface area contributed by atoms with Gasteiger partial charge in [0.1, 0.15) is 5.69 Å². The second-order valence-electron chi connectivity index (χ2n) is 3.31. The van der Waals surface area contributed by atoms with Crippen LogP contribution in [0, 0.1) is 0 Å². The highest BCUT2D eigenvalue weighted by atomic mass is 16.1. The number of carbonyl (C=O) groups is 1. The Hall–Kier alpha value is -1.91. The van der Waals surface area contributed by atoms with Gasteiger partial charge in [0.2, 0.25) is 0 Å². The van der Waals surface area contributed by atoms with E-state index in [1.807, 2.05) is 13.1 Å². The van der Waals surface area contributed by atoms with Crippen LogP contribution in [0.5, 0.6) is 0 Å². The minimum Gasteiger partial charge on any atom is -0.298 e. The van der Waals surface area contributed by atoms with Gasteiger partial charge in [0.15, 0.2) is 6.29 Å². The fourth-order valence-corrected chi connectivity index (χ4v) is 1.48. The highest BCUT2D eigenvalue weighted by Crippen LogP contribution is 2.19. The third-order valence-electron chi connectivity index (χ3n) is 2.21. The molecule has 0 saturated carbocycles. The van der Waals surface area contributed by atoms with Gasteiger partial charge in [0.05, 0.1) is 11.8 Å². The molecule has 2 aromatic heterocycles. The van der Waals surface area contributed by atoms with E-state index in [0.717, 1.165) is 18.4 Å². The van der Waals surface area contributed by atoms with Crippen LogP contribution in [0.3, 0.4) is 0 Å². The highest BCUT2D eigenvalue weighted by Gasteiger charge is 2.10. The number of carbonyl (C=O) groups excluding carboxylic acids is 1. The zero-order valence-corrected chi connectivity index (χ0v) is 8.71. The number of aldehydes is 1. The highest BCUT2D eigenvalue weighted by molar-refractivity contribution is 5.84. The third-order valence-corrected chi connectivity index (χ3v) is 2.21. The molecule has 15 heavy (non-hydrogen) atoms. The van der Waals surface area contributed by atoms with Crippen LogP contribution < -0.4 is 0 Å². The van der Waals surface area contributed by atoms with Gasteiger partial charge in [-0.25, -0.2) is 0 Å². The third kappa shape index (κ3) is 1.68. The van der Waals surface area contributed by atoms with E-state index in [4.69, 9.17) is 0 Å². The first-order valence-electron chi connectivity index (χ1n) is 4.76.